The number of hydrogen-bond donors (Lipinski definition) is 2. The molecule has 6 nitrogen and oxygen atoms in total. The summed E-state index contributed by atoms with van der Waals surface area (Å²) in [4.78, 5) is 30.6. The van der Waals surface area contributed by atoms with Crippen LogP contribution in [0.4, 0.5) is 17.1 Å². The highest BCUT2D eigenvalue weighted by molar-refractivity contribution is 6.11. The maximum atomic E-state index is 13.8. The number of nitrogen functional groups attached to an aromatic ring is 1. The molecule has 4 aromatic rings. The summed E-state index contributed by atoms with van der Waals surface area (Å²) in [7, 11) is 0. The van der Waals surface area contributed by atoms with Crippen molar-refractivity contribution in [3.05, 3.63) is 125 Å². The van der Waals surface area contributed by atoms with Gasteiger partial charge in [-0.15, -0.1) is 12.4 Å². The van der Waals surface area contributed by atoms with Gasteiger partial charge in [0.25, 0.3) is 5.91 Å². The molecule has 0 spiro atoms. The maximum Gasteiger partial charge on any atom is 0.262 e. The molecule has 0 saturated heterocycles. The molecule has 198 valence electrons. The molecule has 0 fully saturated rings. The van der Waals surface area contributed by atoms with Crippen molar-refractivity contribution in [2.45, 2.75) is 25.7 Å². The number of anilines is 3. The van der Waals surface area contributed by atoms with Gasteiger partial charge >= 0.3 is 0 Å². The van der Waals surface area contributed by atoms with Gasteiger partial charge in [-0.25, -0.2) is 0 Å². The third-order valence-corrected chi connectivity index (χ3v) is 6.87. The number of fused-ring (bicyclic) bond motifs is 1. The van der Waals surface area contributed by atoms with Crippen LogP contribution in [-0.2, 0) is 17.6 Å². The molecule has 7 heteroatoms. The van der Waals surface area contributed by atoms with E-state index in [-0.39, 0.29) is 30.1 Å². The lowest BCUT2D eigenvalue weighted by atomic mass is 9.97. The molecule has 1 aliphatic heterocycles. The van der Waals surface area contributed by atoms with E-state index in [2.05, 4.69) is 0 Å². The summed E-state index contributed by atoms with van der Waals surface area (Å²) in [5.41, 5.74) is 11.3. The van der Waals surface area contributed by atoms with Gasteiger partial charge in [0.2, 0.25) is 5.91 Å². The second-order valence-electron chi connectivity index (χ2n) is 9.41. The average Bonchev–Trinajstić information content (AvgIpc) is 2.96. The molecule has 4 aromatic carbocycles. The van der Waals surface area contributed by atoms with Gasteiger partial charge in [0, 0.05) is 41.2 Å². The summed E-state index contributed by atoms with van der Waals surface area (Å²) in [5.74, 6) is -0.00964. The summed E-state index contributed by atoms with van der Waals surface area (Å²) in [6, 6.07) is 32.4. The van der Waals surface area contributed by atoms with Crippen molar-refractivity contribution in [1.29, 1.82) is 5.41 Å². The number of benzene rings is 4. The van der Waals surface area contributed by atoms with Gasteiger partial charge < -0.3 is 10.6 Å². The number of para-hydroxylation sites is 2. The van der Waals surface area contributed by atoms with E-state index in [1.54, 1.807) is 4.90 Å². The topological polar surface area (TPSA) is 90.5 Å². The van der Waals surface area contributed by atoms with E-state index in [1.807, 2.05) is 108 Å². The van der Waals surface area contributed by atoms with Crippen LogP contribution in [0.25, 0.3) is 0 Å². The van der Waals surface area contributed by atoms with Crippen molar-refractivity contribution in [2.75, 3.05) is 16.3 Å². The molecule has 0 atom stereocenters. The standard InChI is InChI=1S/C32H30N4O2.ClH/c33-31(34)24-16-13-23(14-17-24)15-20-30(37)35-21-7-8-25-22-26(18-19-29(25)35)32(38)36(27-9-3-1-4-10-27)28-11-5-2-6-12-28;/h1-6,9-14,16-19,22H,7-8,15,20-21H2,(H3,33,34);1H. The average molecular weight is 539 g/mol. The van der Waals surface area contributed by atoms with E-state index < -0.39 is 0 Å². The lowest BCUT2D eigenvalue weighted by Crippen LogP contribution is -2.36. The van der Waals surface area contributed by atoms with Gasteiger partial charge in [-0.05, 0) is 72.9 Å². The largest absolute Gasteiger partial charge is 0.384 e. The zero-order valence-corrected chi connectivity index (χ0v) is 22.4. The Labute approximate surface area is 235 Å². The van der Waals surface area contributed by atoms with E-state index in [4.69, 9.17) is 11.1 Å². The van der Waals surface area contributed by atoms with Crippen LogP contribution >= 0.6 is 12.4 Å². The number of aryl methyl sites for hydroxylation is 2. The monoisotopic (exact) mass is 538 g/mol. The van der Waals surface area contributed by atoms with Crippen LogP contribution in [0.5, 0.6) is 0 Å². The van der Waals surface area contributed by atoms with Crippen LogP contribution in [0.2, 0.25) is 0 Å². The molecule has 3 N–H and O–H groups in total. The van der Waals surface area contributed by atoms with Crippen LogP contribution in [0.15, 0.2) is 103 Å². The maximum absolute atomic E-state index is 13.8. The Bertz CT molecular complexity index is 1420. The van der Waals surface area contributed by atoms with Crippen LogP contribution in [-0.4, -0.2) is 24.2 Å². The highest BCUT2D eigenvalue weighted by Crippen LogP contribution is 2.32. The van der Waals surface area contributed by atoms with Crippen LogP contribution in [0.3, 0.4) is 0 Å². The molecule has 0 unspecified atom stereocenters. The lowest BCUT2D eigenvalue weighted by Gasteiger charge is -2.30. The number of amides is 2. The highest BCUT2D eigenvalue weighted by atomic mass is 35.5. The molecular weight excluding hydrogens is 508 g/mol. The summed E-state index contributed by atoms with van der Waals surface area (Å²) in [6.45, 7) is 0.669. The Hall–Kier alpha value is -4.42. The van der Waals surface area contributed by atoms with Crippen molar-refractivity contribution < 1.29 is 9.59 Å². The molecule has 1 aliphatic rings. The number of nitrogens with zero attached hydrogens (tertiary/aromatic N) is 2. The SMILES string of the molecule is Cl.N=C(N)c1ccc(CCC(=O)N2CCCc3cc(C(=O)N(c4ccccc4)c4ccccc4)ccc32)cc1. The number of carbonyl (C=O) groups excluding carboxylic acids is 2. The molecule has 0 saturated carbocycles. The zero-order valence-electron chi connectivity index (χ0n) is 21.5. The molecule has 39 heavy (non-hydrogen) atoms. The van der Waals surface area contributed by atoms with Crippen molar-refractivity contribution in [3.63, 3.8) is 0 Å². The van der Waals surface area contributed by atoms with E-state index in [0.717, 1.165) is 41.0 Å². The van der Waals surface area contributed by atoms with Crippen molar-refractivity contribution in [1.82, 2.24) is 0 Å². The molecular formula is C32H31ClN4O2. The highest BCUT2D eigenvalue weighted by Gasteiger charge is 2.25. The third-order valence-electron chi connectivity index (χ3n) is 6.87. The van der Waals surface area contributed by atoms with Gasteiger partial charge in [0.1, 0.15) is 5.84 Å². The minimum atomic E-state index is -0.109. The van der Waals surface area contributed by atoms with Gasteiger partial charge in [-0.3, -0.25) is 19.9 Å². The van der Waals surface area contributed by atoms with E-state index in [0.29, 0.717) is 30.5 Å². The fourth-order valence-electron chi connectivity index (χ4n) is 4.89. The molecule has 5 rings (SSSR count). The third kappa shape index (κ3) is 6.19. The lowest BCUT2D eigenvalue weighted by molar-refractivity contribution is -0.118. The quantitative estimate of drug-likeness (QED) is 0.214. The number of amidine groups is 1. The van der Waals surface area contributed by atoms with Gasteiger partial charge in [-0.1, -0.05) is 60.7 Å². The summed E-state index contributed by atoms with van der Waals surface area (Å²) in [5, 5.41) is 7.52. The Balaban J connectivity index is 0.00000353. The van der Waals surface area contributed by atoms with Crippen molar-refractivity contribution in [3.8, 4) is 0 Å². The number of nitrogens with two attached hydrogens (primary N) is 1. The molecule has 2 amide bonds. The van der Waals surface area contributed by atoms with Gasteiger partial charge in [-0.2, -0.15) is 0 Å². The first-order chi connectivity index (χ1) is 18.5. The summed E-state index contributed by atoms with van der Waals surface area (Å²) < 4.78 is 0. The molecule has 0 bridgehead atoms. The number of hydrogen-bond acceptors (Lipinski definition) is 3. The second kappa shape index (κ2) is 12.4. The summed E-state index contributed by atoms with van der Waals surface area (Å²) in [6.07, 6.45) is 2.67. The minimum Gasteiger partial charge on any atom is -0.384 e. The molecule has 0 aromatic heterocycles. The number of carbonyl (C=O) groups is 2. The minimum absolute atomic E-state index is 0. The fourth-order valence-corrected chi connectivity index (χ4v) is 4.89. The Morgan fingerprint density at radius 3 is 2.00 bits per heavy atom. The Kier molecular flexibility index (Phi) is 8.79. The summed E-state index contributed by atoms with van der Waals surface area (Å²) >= 11 is 0. The number of halogens is 1. The van der Waals surface area contributed by atoms with Gasteiger partial charge in [0.05, 0.1) is 0 Å². The first-order valence-corrected chi connectivity index (χ1v) is 12.8. The van der Waals surface area contributed by atoms with Crippen molar-refractivity contribution >= 4 is 47.1 Å². The zero-order chi connectivity index (χ0) is 26.5. The van der Waals surface area contributed by atoms with E-state index in [9.17, 15) is 9.59 Å². The smallest absolute Gasteiger partial charge is 0.262 e. The second-order valence-corrected chi connectivity index (χ2v) is 9.41. The Morgan fingerprint density at radius 2 is 1.41 bits per heavy atom. The predicted octanol–water partition coefficient (Wildman–Crippen LogP) is 6.28. The van der Waals surface area contributed by atoms with Crippen LogP contribution < -0.4 is 15.5 Å². The normalized spacial score (nSPS) is 12.2. The van der Waals surface area contributed by atoms with E-state index >= 15 is 0 Å². The first kappa shape index (κ1) is 27.6. The number of rotatable bonds is 7. The molecule has 0 aliphatic carbocycles. The predicted molar refractivity (Wildman–Crippen MR) is 159 cm³/mol. The van der Waals surface area contributed by atoms with Gasteiger partial charge in [0.15, 0.2) is 0 Å². The van der Waals surface area contributed by atoms with E-state index in [1.165, 1.54) is 0 Å². The fraction of sp³-hybridized carbons (Fsp3) is 0.156. The van der Waals surface area contributed by atoms with Crippen LogP contribution in [0.1, 0.15) is 39.9 Å². The Morgan fingerprint density at radius 1 is 0.821 bits per heavy atom. The van der Waals surface area contributed by atoms with Crippen LogP contribution in [0, 0.1) is 5.41 Å². The molecule has 1 heterocycles. The van der Waals surface area contributed by atoms with Crippen molar-refractivity contribution in [2.24, 2.45) is 5.73 Å². The first-order valence-electron chi connectivity index (χ1n) is 12.8. The number of nitrogens with one attached hydrogen (secondary N) is 1. The molecule has 0 radical (unpaired) electrons.